The Morgan fingerprint density at radius 1 is 1.17 bits per heavy atom. The number of carbonyl (C=O) groups excluding carboxylic acids is 4. The van der Waals surface area contributed by atoms with E-state index in [0.29, 0.717) is 17.5 Å². The highest BCUT2D eigenvalue weighted by Crippen LogP contribution is 2.48. The number of amides is 2. The number of ketones is 2. The first-order valence-electron chi connectivity index (χ1n) is 7.54. The number of carbonyl (C=O) groups is 4. The normalized spacial score (nSPS) is 26.3. The SMILES string of the molecule is CC(C)C1(C)Cc2cc(C3C(=O)NC(=O)C3=O)c(Cl)c(Cl)c2C1=O. The molecule has 7 heteroatoms. The molecular weight excluding hydrogens is 353 g/mol. The van der Waals surface area contributed by atoms with Gasteiger partial charge in [0, 0.05) is 11.0 Å². The third kappa shape index (κ3) is 2.15. The van der Waals surface area contributed by atoms with Crippen LogP contribution < -0.4 is 5.32 Å². The van der Waals surface area contributed by atoms with Crippen LogP contribution in [0.25, 0.3) is 0 Å². The van der Waals surface area contributed by atoms with E-state index in [1.54, 1.807) is 6.07 Å². The molecule has 0 radical (unpaired) electrons. The van der Waals surface area contributed by atoms with Crippen molar-refractivity contribution in [1.29, 1.82) is 0 Å². The second-order valence-corrected chi connectivity index (χ2v) is 7.58. The first-order valence-corrected chi connectivity index (χ1v) is 8.29. The van der Waals surface area contributed by atoms with Crippen molar-refractivity contribution in [2.45, 2.75) is 33.1 Å². The lowest BCUT2D eigenvalue weighted by molar-refractivity contribution is -0.135. The van der Waals surface area contributed by atoms with Crippen LogP contribution in [0.4, 0.5) is 0 Å². The van der Waals surface area contributed by atoms with Gasteiger partial charge >= 0.3 is 0 Å². The summed E-state index contributed by atoms with van der Waals surface area (Å²) in [5.74, 6) is -3.87. The minimum Gasteiger partial charge on any atom is -0.293 e. The number of rotatable bonds is 2. The Morgan fingerprint density at radius 2 is 1.79 bits per heavy atom. The molecule has 1 aliphatic heterocycles. The number of Topliss-reactive ketones (excluding diaryl/α,β-unsaturated/α-hetero) is 2. The lowest BCUT2D eigenvalue weighted by Gasteiger charge is -2.26. The van der Waals surface area contributed by atoms with E-state index >= 15 is 0 Å². The van der Waals surface area contributed by atoms with E-state index in [1.165, 1.54) is 0 Å². The molecule has 126 valence electrons. The highest BCUT2D eigenvalue weighted by molar-refractivity contribution is 6.51. The molecule has 1 aromatic rings. The van der Waals surface area contributed by atoms with Crippen LogP contribution in [0.2, 0.25) is 10.0 Å². The Bertz CT molecular complexity index is 830. The maximum atomic E-state index is 12.8. The average molecular weight is 368 g/mol. The second-order valence-electron chi connectivity index (χ2n) is 6.82. The number of halogens is 2. The smallest absolute Gasteiger partial charge is 0.293 e. The van der Waals surface area contributed by atoms with Crippen molar-refractivity contribution >= 4 is 46.6 Å². The number of hydrogen-bond acceptors (Lipinski definition) is 4. The number of benzene rings is 1. The molecule has 1 saturated heterocycles. The molecular formula is C17H15Cl2NO4. The van der Waals surface area contributed by atoms with Gasteiger partial charge in [0.1, 0.15) is 5.92 Å². The van der Waals surface area contributed by atoms with Crippen molar-refractivity contribution in [2.24, 2.45) is 11.3 Å². The van der Waals surface area contributed by atoms with Crippen molar-refractivity contribution in [3.8, 4) is 0 Å². The van der Waals surface area contributed by atoms with Crippen LogP contribution in [0.15, 0.2) is 6.07 Å². The molecule has 1 aromatic carbocycles. The van der Waals surface area contributed by atoms with Gasteiger partial charge in [0.05, 0.1) is 10.0 Å². The third-order valence-electron chi connectivity index (χ3n) is 5.19. The van der Waals surface area contributed by atoms with Gasteiger partial charge < -0.3 is 0 Å². The molecule has 2 unspecified atom stereocenters. The lowest BCUT2D eigenvalue weighted by atomic mass is 9.76. The van der Waals surface area contributed by atoms with Gasteiger partial charge in [-0.2, -0.15) is 0 Å². The van der Waals surface area contributed by atoms with Crippen LogP contribution >= 0.6 is 23.2 Å². The zero-order chi connectivity index (χ0) is 18.0. The van der Waals surface area contributed by atoms with Crippen LogP contribution in [0.5, 0.6) is 0 Å². The molecule has 2 amide bonds. The van der Waals surface area contributed by atoms with Crippen LogP contribution in [0.3, 0.4) is 0 Å². The Hall–Kier alpha value is -1.72. The highest BCUT2D eigenvalue weighted by atomic mass is 35.5. The summed E-state index contributed by atoms with van der Waals surface area (Å²) >= 11 is 12.5. The third-order valence-corrected chi connectivity index (χ3v) is 6.07. The van der Waals surface area contributed by atoms with Gasteiger partial charge in [-0.15, -0.1) is 0 Å². The van der Waals surface area contributed by atoms with Crippen LogP contribution in [0.1, 0.15) is 48.2 Å². The highest BCUT2D eigenvalue weighted by Gasteiger charge is 2.48. The Kier molecular flexibility index (Phi) is 3.85. The van der Waals surface area contributed by atoms with Gasteiger partial charge in [-0.05, 0) is 23.5 Å². The zero-order valence-electron chi connectivity index (χ0n) is 13.3. The molecule has 1 fully saturated rings. The summed E-state index contributed by atoms with van der Waals surface area (Å²) in [6.07, 6.45) is 0.444. The van der Waals surface area contributed by atoms with Crippen LogP contribution in [-0.2, 0) is 20.8 Å². The van der Waals surface area contributed by atoms with Crippen molar-refractivity contribution < 1.29 is 19.2 Å². The van der Waals surface area contributed by atoms with Crippen LogP contribution in [-0.4, -0.2) is 23.4 Å². The van der Waals surface area contributed by atoms with Crippen molar-refractivity contribution in [3.05, 3.63) is 32.8 Å². The molecule has 0 spiro atoms. The molecule has 1 heterocycles. The predicted octanol–water partition coefficient (Wildman–Crippen LogP) is 2.70. The molecule has 3 rings (SSSR count). The van der Waals surface area contributed by atoms with Crippen molar-refractivity contribution in [3.63, 3.8) is 0 Å². The van der Waals surface area contributed by atoms with E-state index in [1.807, 2.05) is 26.1 Å². The predicted molar refractivity (Wildman–Crippen MR) is 88.3 cm³/mol. The largest absolute Gasteiger partial charge is 0.295 e. The van der Waals surface area contributed by atoms with E-state index in [9.17, 15) is 19.2 Å². The lowest BCUT2D eigenvalue weighted by Crippen LogP contribution is -2.30. The Balaban J connectivity index is 2.18. The first-order chi connectivity index (χ1) is 11.1. The summed E-state index contributed by atoms with van der Waals surface area (Å²) < 4.78 is 0. The first kappa shape index (κ1) is 17.1. The summed E-state index contributed by atoms with van der Waals surface area (Å²) in [4.78, 5) is 48.1. The molecule has 2 aliphatic rings. The van der Waals surface area contributed by atoms with E-state index in [-0.39, 0.29) is 27.3 Å². The van der Waals surface area contributed by atoms with Crippen LogP contribution in [0, 0.1) is 11.3 Å². The molecule has 0 aromatic heterocycles. The Labute approximate surface area is 148 Å². The van der Waals surface area contributed by atoms with Crippen molar-refractivity contribution in [2.75, 3.05) is 0 Å². The molecule has 5 nitrogen and oxygen atoms in total. The maximum absolute atomic E-state index is 12.8. The molecule has 0 saturated carbocycles. The van der Waals surface area contributed by atoms with E-state index in [4.69, 9.17) is 23.2 Å². The topological polar surface area (TPSA) is 80.3 Å². The number of imide groups is 1. The van der Waals surface area contributed by atoms with Gasteiger partial charge in [0.25, 0.3) is 5.91 Å². The number of hydrogen-bond donors (Lipinski definition) is 1. The van der Waals surface area contributed by atoms with E-state index < -0.39 is 28.9 Å². The second kappa shape index (κ2) is 5.39. The van der Waals surface area contributed by atoms with Crippen molar-refractivity contribution in [1.82, 2.24) is 5.32 Å². The maximum Gasteiger partial charge on any atom is 0.295 e. The van der Waals surface area contributed by atoms with Gasteiger partial charge in [-0.1, -0.05) is 50.0 Å². The minimum absolute atomic E-state index is 0.0278. The average Bonchev–Trinajstić information content (AvgIpc) is 2.90. The molecule has 2 atom stereocenters. The quantitative estimate of drug-likeness (QED) is 0.495. The van der Waals surface area contributed by atoms with E-state index in [0.717, 1.165) is 0 Å². The molecule has 0 bridgehead atoms. The molecule has 24 heavy (non-hydrogen) atoms. The molecule has 1 aliphatic carbocycles. The summed E-state index contributed by atoms with van der Waals surface area (Å²) in [6, 6.07) is 1.57. The summed E-state index contributed by atoms with van der Waals surface area (Å²) in [5, 5.41) is 1.99. The fraction of sp³-hybridized carbons (Fsp3) is 0.412. The van der Waals surface area contributed by atoms with Gasteiger partial charge in [-0.25, -0.2) is 0 Å². The zero-order valence-corrected chi connectivity index (χ0v) is 14.8. The van der Waals surface area contributed by atoms with Gasteiger partial charge in [0.2, 0.25) is 11.7 Å². The number of fused-ring (bicyclic) bond motifs is 1. The van der Waals surface area contributed by atoms with Gasteiger partial charge in [-0.3, -0.25) is 24.5 Å². The number of nitrogens with one attached hydrogen (secondary N) is 1. The fourth-order valence-corrected chi connectivity index (χ4v) is 3.88. The van der Waals surface area contributed by atoms with Gasteiger partial charge in [0.15, 0.2) is 5.78 Å². The van der Waals surface area contributed by atoms with E-state index in [2.05, 4.69) is 0 Å². The standard InChI is InChI=1S/C17H15Cl2NO4/c1-6(2)17(3)5-7-4-8(10-13(21)16(24)20-15(10)23)11(18)12(19)9(7)14(17)22/h4,6,10H,5H2,1-3H3,(H,20,23,24). The Morgan fingerprint density at radius 3 is 2.29 bits per heavy atom. The fourth-order valence-electron chi connectivity index (χ4n) is 3.30. The monoisotopic (exact) mass is 367 g/mol. The summed E-state index contributed by atoms with van der Waals surface area (Å²) in [7, 11) is 0. The minimum atomic E-state index is -1.31. The summed E-state index contributed by atoms with van der Waals surface area (Å²) in [5.41, 5.74) is 0.556. The molecule has 1 N–H and O–H groups in total. The summed E-state index contributed by atoms with van der Waals surface area (Å²) in [6.45, 7) is 5.76.